The third-order valence-corrected chi connectivity index (χ3v) is 3.76. The number of hydrogen-bond acceptors (Lipinski definition) is 2. The van der Waals surface area contributed by atoms with Crippen LogP contribution in [-0.2, 0) is 0 Å². The molecule has 0 saturated carbocycles. The molecule has 2 atom stereocenters. The minimum absolute atomic E-state index is 0.733. The van der Waals surface area contributed by atoms with Crippen molar-refractivity contribution in [3.05, 3.63) is 0 Å². The molecule has 1 rings (SSSR count). The largest absolute Gasteiger partial charge is 0.305 e. The van der Waals surface area contributed by atoms with Crippen molar-refractivity contribution in [3.8, 4) is 0 Å². The van der Waals surface area contributed by atoms with Gasteiger partial charge in [-0.3, -0.25) is 0 Å². The second-order valence-corrected chi connectivity index (χ2v) is 5.80. The Labute approximate surface area is 80.7 Å². The summed E-state index contributed by atoms with van der Waals surface area (Å²) in [7, 11) is 0. The molecule has 0 aliphatic carbocycles. The van der Waals surface area contributed by atoms with Crippen LogP contribution in [0.15, 0.2) is 0 Å². The molecule has 1 saturated heterocycles. The molecule has 0 bridgehead atoms. The van der Waals surface area contributed by atoms with Crippen molar-refractivity contribution in [2.24, 2.45) is 5.92 Å². The van der Waals surface area contributed by atoms with E-state index in [1.165, 1.54) is 25.8 Å². The third kappa shape index (κ3) is 3.81. The highest BCUT2D eigenvalue weighted by Crippen LogP contribution is 2.26. The molecule has 1 nitrogen and oxygen atoms in total. The van der Waals surface area contributed by atoms with Crippen LogP contribution in [0.4, 0.5) is 0 Å². The number of rotatable bonds is 3. The quantitative estimate of drug-likeness (QED) is 0.729. The summed E-state index contributed by atoms with van der Waals surface area (Å²) in [5.74, 6) is 0.852. The first-order valence-electron chi connectivity index (χ1n) is 5.07. The van der Waals surface area contributed by atoms with Crippen LogP contribution in [0.5, 0.6) is 0 Å². The first-order chi connectivity index (χ1) is 5.68. The molecule has 0 aromatic heterocycles. The highest BCUT2D eigenvalue weighted by molar-refractivity contribution is 8.00. The van der Waals surface area contributed by atoms with Gasteiger partial charge >= 0.3 is 0 Å². The fraction of sp³-hybridized carbons (Fsp3) is 1.00. The van der Waals surface area contributed by atoms with E-state index in [0.717, 1.165) is 16.5 Å². The molecular weight excluding hydrogens is 166 g/mol. The van der Waals surface area contributed by atoms with Gasteiger partial charge in [0.25, 0.3) is 0 Å². The Morgan fingerprint density at radius 1 is 1.50 bits per heavy atom. The smallest absolute Gasteiger partial charge is 0.0534 e. The molecule has 1 fully saturated rings. The molecule has 1 N–H and O–H groups in total. The summed E-state index contributed by atoms with van der Waals surface area (Å²) in [5.41, 5.74) is 0. The molecule has 0 amide bonds. The van der Waals surface area contributed by atoms with Crippen LogP contribution in [0, 0.1) is 5.92 Å². The van der Waals surface area contributed by atoms with Crippen LogP contribution in [-0.4, -0.2) is 17.2 Å². The van der Waals surface area contributed by atoms with E-state index in [1.807, 2.05) is 0 Å². The summed E-state index contributed by atoms with van der Waals surface area (Å²) >= 11 is 2.12. The SMILES string of the molecule is CC(C)CCC1NCCC(C)S1. The van der Waals surface area contributed by atoms with Gasteiger partial charge in [-0.15, -0.1) is 11.8 Å². The Balaban J connectivity index is 2.14. The van der Waals surface area contributed by atoms with Crippen LogP contribution in [0.25, 0.3) is 0 Å². The molecule has 1 aliphatic rings. The van der Waals surface area contributed by atoms with E-state index in [-0.39, 0.29) is 0 Å². The minimum atomic E-state index is 0.733. The van der Waals surface area contributed by atoms with Gasteiger partial charge in [0.1, 0.15) is 0 Å². The van der Waals surface area contributed by atoms with Crippen LogP contribution >= 0.6 is 11.8 Å². The molecule has 2 unspecified atom stereocenters. The summed E-state index contributed by atoms with van der Waals surface area (Å²) in [5, 5.41) is 5.16. The van der Waals surface area contributed by atoms with Gasteiger partial charge in [0.15, 0.2) is 0 Å². The Morgan fingerprint density at radius 2 is 2.25 bits per heavy atom. The van der Waals surface area contributed by atoms with Crippen LogP contribution in [0.2, 0.25) is 0 Å². The van der Waals surface area contributed by atoms with E-state index >= 15 is 0 Å². The summed E-state index contributed by atoms with van der Waals surface area (Å²) in [4.78, 5) is 0. The summed E-state index contributed by atoms with van der Waals surface area (Å²) < 4.78 is 0. The highest BCUT2D eigenvalue weighted by atomic mass is 32.2. The molecule has 0 aromatic carbocycles. The Hall–Kier alpha value is 0.310. The average Bonchev–Trinajstić information content (AvgIpc) is 2.01. The van der Waals surface area contributed by atoms with Crippen LogP contribution in [0.1, 0.15) is 40.0 Å². The molecular formula is C10H21NS. The standard InChI is InChI=1S/C10H21NS/c1-8(2)4-5-10-11-7-6-9(3)12-10/h8-11H,4-7H2,1-3H3. The maximum atomic E-state index is 3.57. The van der Waals surface area contributed by atoms with Gasteiger partial charge < -0.3 is 5.32 Å². The summed E-state index contributed by atoms with van der Waals surface area (Å²) in [6.07, 6.45) is 4.03. The van der Waals surface area contributed by atoms with Crippen molar-refractivity contribution >= 4 is 11.8 Å². The van der Waals surface area contributed by atoms with E-state index in [0.29, 0.717) is 0 Å². The van der Waals surface area contributed by atoms with E-state index in [1.54, 1.807) is 0 Å². The fourth-order valence-electron chi connectivity index (χ4n) is 1.50. The predicted molar refractivity (Wildman–Crippen MR) is 57.5 cm³/mol. The van der Waals surface area contributed by atoms with Gasteiger partial charge in [-0.1, -0.05) is 20.8 Å². The molecule has 1 aliphatic heterocycles. The lowest BCUT2D eigenvalue weighted by atomic mass is 10.1. The molecule has 0 spiro atoms. The number of hydrogen-bond donors (Lipinski definition) is 1. The lowest BCUT2D eigenvalue weighted by Crippen LogP contribution is -2.35. The van der Waals surface area contributed by atoms with E-state index in [4.69, 9.17) is 0 Å². The van der Waals surface area contributed by atoms with Crippen molar-refractivity contribution < 1.29 is 0 Å². The highest BCUT2D eigenvalue weighted by Gasteiger charge is 2.18. The molecule has 72 valence electrons. The van der Waals surface area contributed by atoms with Gasteiger partial charge in [-0.25, -0.2) is 0 Å². The van der Waals surface area contributed by atoms with Crippen molar-refractivity contribution in [1.82, 2.24) is 5.32 Å². The Bertz CT molecular complexity index is 125. The Morgan fingerprint density at radius 3 is 2.83 bits per heavy atom. The molecule has 0 aromatic rings. The first-order valence-corrected chi connectivity index (χ1v) is 6.01. The molecule has 12 heavy (non-hydrogen) atoms. The van der Waals surface area contributed by atoms with E-state index in [2.05, 4.69) is 37.8 Å². The summed E-state index contributed by atoms with van der Waals surface area (Å²) in [6.45, 7) is 8.17. The van der Waals surface area contributed by atoms with Gasteiger partial charge in [-0.05, 0) is 31.7 Å². The lowest BCUT2D eigenvalue weighted by molar-refractivity contribution is 0.491. The summed E-state index contributed by atoms with van der Waals surface area (Å²) in [6, 6.07) is 0. The van der Waals surface area contributed by atoms with Crippen LogP contribution in [0.3, 0.4) is 0 Å². The van der Waals surface area contributed by atoms with Gasteiger partial charge in [0, 0.05) is 5.25 Å². The monoisotopic (exact) mass is 187 g/mol. The first kappa shape index (κ1) is 10.4. The minimum Gasteiger partial charge on any atom is -0.305 e. The van der Waals surface area contributed by atoms with E-state index < -0.39 is 0 Å². The maximum absolute atomic E-state index is 3.57. The normalized spacial score (nSPS) is 31.0. The van der Waals surface area contributed by atoms with Gasteiger partial charge in [0.05, 0.1) is 5.37 Å². The molecule has 2 heteroatoms. The third-order valence-electron chi connectivity index (χ3n) is 2.33. The fourth-order valence-corrected chi connectivity index (χ4v) is 2.80. The number of thioether (sulfide) groups is 1. The van der Waals surface area contributed by atoms with Gasteiger partial charge in [0.2, 0.25) is 0 Å². The predicted octanol–water partition coefficient (Wildman–Crippen LogP) is 2.86. The second kappa shape index (κ2) is 5.13. The topological polar surface area (TPSA) is 12.0 Å². The van der Waals surface area contributed by atoms with Crippen molar-refractivity contribution in [2.45, 2.75) is 50.7 Å². The Kier molecular flexibility index (Phi) is 4.44. The number of nitrogens with one attached hydrogen (secondary N) is 1. The van der Waals surface area contributed by atoms with Crippen molar-refractivity contribution in [3.63, 3.8) is 0 Å². The zero-order valence-corrected chi connectivity index (χ0v) is 9.29. The lowest BCUT2D eigenvalue weighted by Gasteiger charge is -2.28. The molecule has 1 heterocycles. The molecule has 0 radical (unpaired) electrons. The van der Waals surface area contributed by atoms with E-state index in [9.17, 15) is 0 Å². The van der Waals surface area contributed by atoms with Crippen molar-refractivity contribution in [1.29, 1.82) is 0 Å². The van der Waals surface area contributed by atoms with Gasteiger partial charge in [-0.2, -0.15) is 0 Å². The van der Waals surface area contributed by atoms with Crippen molar-refractivity contribution in [2.75, 3.05) is 6.54 Å². The zero-order chi connectivity index (χ0) is 8.97. The van der Waals surface area contributed by atoms with Crippen LogP contribution < -0.4 is 5.32 Å². The second-order valence-electron chi connectivity index (χ2n) is 4.15. The maximum Gasteiger partial charge on any atom is 0.0534 e. The average molecular weight is 187 g/mol. The zero-order valence-electron chi connectivity index (χ0n) is 8.47.